The Morgan fingerprint density at radius 1 is 0.853 bits per heavy atom. The van der Waals surface area contributed by atoms with E-state index in [1.165, 1.54) is 26.0 Å². The van der Waals surface area contributed by atoms with Crippen LogP contribution < -0.4 is 5.32 Å². The third-order valence-electron chi connectivity index (χ3n) is 15.3. The first-order valence-electron chi connectivity index (χ1n) is 22.8. The van der Waals surface area contributed by atoms with E-state index < -0.39 is 131 Å². The number of hydrogen-bond acceptors (Lipinski definition) is 16. The van der Waals surface area contributed by atoms with Crippen LogP contribution in [0.4, 0.5) is 0 Å². The van der Waals surface area contributed by atoms with Crippen LogP contribution in [0.1, 0.15) is 86.7 Å². The Labute approximate surface area is 393 Å². The molecule has 68 heavy (non-hydrogen) atoms. The summed E-state index contributed by atoms with van der Waals surface area (Å²) in [6.45, 7) is 8.27. The van der Waals surface area contributed by atoms with Crippen molar-refractivity contribution in [2.24, 2.45) is 22.7 Å². The van der Waals surface area contributed by atoms with Crippen LogP contribution in [0.25, 0.3) is 0 Å². The minimum Gasteiger partial charge on any atom is -0.456 e. The number of esters is 3. The van der Waals surface area contributed by atoms with Gasteiger partial charge in [-0.05, 0) is 54.8 Å². The van der Waals surface area contributed by atoms with Gasteiger partial charge in [0.25, 0.3) is 5.91 Å². The SMILES string of the molecule is CC(=O)O[C@@]12CO[C@@H]1C[C@H](OC1OC[C@@H](O)[C@H](C)[C@H]1O)[C@@]1(C)C(=O)[C@H](O)C3=C(C)[C@@H](OC(=O)[C@H](O)[C@@H](NC(=O)c4ccccc4)c4ccccc4)C[C@@](O)([C@@H](OC(=O)c4ccccc4)[C@H]21)C3(C)C. The number of nitrogens with one attached hydrogen (secondary N) is 1. The first kappa shape index (κ1) is 49.1. The van der Waals surface area contributed by atoms with E-state index in [-0.39, 0.29) is 41.9 Å². The molecule has 2 heterocycles. The predicted molar refractivity (Wildman–Crippen MR) is 238 cm³/mol. The Morgan fingerprint density at radius 2 is 1.46 bits per heavy atom. The van der Waals surface area contributed by atoms with E-state index in [9.17, 15) is 44.7 Å². The zero-order chi connectivity index (χ0) is 49.1. The fourth-order valence-corrected chi connectivity index (χ4v) is 11.3. The van der Waals surface area contributed by atoms with Crippen molar-refractivity contribution in [1.82, 2.24) is 5.32 Å². The van der Waals surface area contributed by atoms with Crippen molar-refractivity contribution in [2.45, 2.75) is 127 Å². The second-order valence-electron chi connectivity index (χ2n) is 19.5. The topological polar surface area (TPSA) is 254 Å². The average Bonchev–Trinajstić information content (AvgIpc) is 3.31. The first-order valence-corrected chi connectivity index (χ1v) is 22.8. The summed E-state index contributed by atoms with van der Waals surface area (Å²) in [5.74, 6) is -6.80. The van der Waals surface area contributed by atoms with Crippen LogP contribution in [0.2, 0.25) is 0 Å². The maximum absolute atomic E-state index is 15.8. The average molecular weight is 942 g/mol. The van der Waals surface area contributed by atoms with Crippen molar-refractivity contribution >= 4 is 29.6 Å². The summed E-state index contributed by atoms with van der Waals surface area (Å²) in [6.07, 6.45) is -14.5. The number of hydrogen-bond donors (Lipinski definition) is 6. The van der Waals surface area contributed by atoms with E-state index in [0.717, 1.165) is 6.92 Å². The summed E-state index contributed by atoms with van der Waals surface area (Å²) in [4.78, 5) is 71.4. The predicted octanol–water partition coefficient (Wildman–Crippen LogP) is 2.90. The van der Waals surface area contributed by atoms with Crippen LogP contribution in [-0.4, -0.2) is 135 Å². The molecule has 2 bridgehead atoms. The number of carbonyl (C=O) groups excluding carboxylic acids is 5. The molecule has 1 amide bonds. The first-order chi connectivity index (χ1) is 32.2. The Hall–Kier alpha value is -5.37. The lowest BCUT2D eigenvalue weighted by Crippen LogP contribution is -2.82. The molecule has 3 aromatic carbocycles. The molecule has 17 heteroatoms. The van der Waals surface area contributed by atoms with E-state index in [1.807, 2.05) is 0 Å². The van der Waals surface area contributed by atoms with Crippen molar-refractivity contribution in [3.63, 3.8) is 0 Å². The molecule has 5 aliphatic rings. The number of Topliss-reactive ketones (excluding diaryl/α,β-unsaturated/α-hetero) is 1. The normalized spacial score (nSPS) is 36.0. The largest absolute Gasteiger partial charge is 0.456 e. The summed E-state index contributed by atoms with van der Waals surface area (Å²) >= 11 is 0. The van der Waals surface area contributed by atoms with Crippen molar-refractivity contribution in [3.05, 3.63) is 119 Å². The highest BCUT2D eigenvalue weighted by atomic mass is 16.7. The lowest BCUT2D eigenvalue weighted by atomic mass is 9.44. The van der Waals surface area contributed by atoms with Gasteiger partial charge in [0.1, 0.15) is 36.1 Å². The number of fused-ring (bicyclic) bond motifs is 5. The molecule has 2 aliphatic heterocycles. The zero-order valence-corrected chi connectivity index (χ0v) is 38.6. The van der Waals surface area contributed by atoms with Gasteiger partial charge in [-0.2, -0.15) is 0 Å². The summed E-state index contributed by atoms with van der Waals surface area (Å²) in [5.41, 5.74) is -7.27. The molecule has 2 saturated carbocycles. The van der Waals surface area contributed by atoms with Crippen molar-refractivity contribution in [1.29, 1.82) is 0 Å². The number of ether oxygens (including phenoxy) is 6. The molecule has 3 aromatic rings. The summed E-state index contributed by atoms with van der Waals surface area (Å²) < 4.78 is 37.2. The van der Waals surface area contributed by atoms with Crippen LogP contribution in [-0.2, 0) is 42.8 Å². The van der Waals surface area contributed by atoms with Crippen LogP contribution in [0, 0.1) is 22.7 Å². The van der Waals surface area contributed by atoms with E-state index >= 15 is 4.79 Å². The number of rotatable bonds is 11. The third-order valence-corrected chi connectivity index (χ3v) is 15.3. The Bertz CT molecular complexity index is 2430. The molecule has 0 radical (unpaired) electrons. The molecule has 4 fully saturated rings. The molecule has 364 valence electrons. The van der Waals surface area contributed by atoms with Crippen molar-refractivity contribution in [3.8, 4) is 0 Å². The van der Waals surface area contributed by atoms with Gasteiger partial charge in [-0.15, -0.1) is 0 Å². The molecule has 6 N–H and O–H groups in total. The second kappa shape index (κ2) is 18.5. The molecular formula is C51H59NO16. The highest BCUT2D eigenvalue weighted by Gasteiger charge is 2.78. The van der Waals surface area contributed by atoms with Gasteiger partial charge < -0.3 is 59.3 Å². The monoisotopic (exact) mass is 941 g/mol. The van der Waals surface area contributed by atoms with E-state index in [4.69, 9.17) is 28.4 Å². The van der Waals surface area contributed by atoms with Crippen LogP contribution >= 0.6 is 0 Å². The fourth-order valence-electron chi connectivity index (χ4n) is 11.3. The van der Waals surface area contributed by atoms with Gasteiger partial charge in [-0.25, -0.2) is 9.59 Å². The van der Waals surface area contributed by atoms with E-state index in [1.54, 1.807) is 99.6 Å². The van der Waals surface area contributed by atoms with Gasteiger partial charge in [-0.1, -0.05) is 87.5 Å². The molecule has 1 unspecified atom stereocenters. The van der Waals surface area contributed by atoms with Gasteiger partial charge >= 0.3 is 17.9 Å². The van der Waals surface area contributed by atoms with Gasteiger partial charge in [-0.3, -0.25) is 14.4 Å². The van der Waals surface area contributed by atoms with Gasteiger partial charge in [0, 0.05) is 36.7 Å². The smallest absolute Gasteiger partial charge is 0.338 e. The molecule has 3 aliphatic carbocycles. The minimum absolute atomic E-state index is 0.0558. The second-order valence-corrected chi connectivity index (χ2v) is 19.5. The summed E-state index contributed by atoms with van der Waals surface area (Å²) in [6, 6.07) is 22.9. The molecular weight excluding hydrogens is 883 g/mol. The number of aliphatic hydroxyl groups excluding tert-OH is 4. The van der Waals surface area contributed by atoms with Crippen molar-refractivity contribution in [2.75, 3.05) is 13.2 Å². The zero-order valence-electron chi connectivity index (χ0n) is 38.6. The van der Waals surface area contributed by atoms with Crippen molar-refractivity contribution < 1.29 is 77.9 Å². The van der Waals surface area contributed by atoms with Gasteiger partial charge in [0.2, 0.25) is 0 Å². The minimum atomic E-state index is -2.43. The summed E-state index contributed by atoms with van der Waals surface area (Å²) in [7, 11) is 0. The number of carbonyl (C=O) groups is 5. The van der Waals surface area contributed by atoms with Gasteiger partial charge in [0.15, 0.2) is 23.8 Å². The highest BCUT2D eigenvalue weighted by Crippen LogP contribution is 2.65. The maximum Gasteiger partial charge on any atom is 0.338 e. The van der Waals surface area contributed by atoms with Crippen LogP contribution in [0.15, 0.2) is 102 Å². The van der Waals surface area contributed by atoms with Crippen LogP contribution in [0.5, 0.6) is 0 Å². The summed E-state index contributed by atoms with van der Waals surface area (Å²) in [5, 5.41) is 62.9. The lowest BCUT2D eigenvalue weighted by molar-refractivity contribution is -0.364. The molecule has 0 spiro atoms. The van der Waals surface area contributed by atoms with Gasteiger partial charge in [0.05, 0.1) is 48.4 Å². The Kier molecular flexibility index (Phi) is 13.4. The lowest BCUT2D eigenvalue weighted by Gasteiger charge is -2.68. The Morgan fingerprint density at radius 3 is 2.04 bits per heavy atom. The number of benzene rings is 3. The van der Waals surface area contributed by atoms with E-state index in [2.05, 4.69) is 5.32 Å². The molecule has 8 rings (SSSR count). The molecule has 2 saturated heterocycles. The molecule has 15 atom stereocenters. The van der Waals surface area contributed by atoms with E-state index in [0.29, 0.717) is 5.56 Å². The maximum atomic E-state index is 15.8. The molecule has 0 aromatic heterocycles. The molecule has 17 nitrogen and oxygen atoms in total. The Balaban J connectivity index is 1.26. The van der Waals surface area contributed by atoms with Crippen LogP contribution in [0.3, 0.4) is 0 Å². The standard InChI is InChI=1S/C51H59NO16/c1-26-32(54)24-63-47(38(26)55)66-34-22-35-50(25-64-35,68-28(3)53)41-43(67-45(60)31-20-14-9-15-21-31)51(62)23-33(27(2)36(48(51,4)5)39(56)42(58)49(34,41)6)65-46(61)40(57)37(29-16-10-7-11-17-29)52-44(59)30-18-12-8-13-19-30/h7-21,26,32-35,37-41,43,47,54-57,62H,22-25H2,1-6H3,(H,52,59)/t26-,32+,33-,34-,35+,37-,38+,39+,40+,41-,43-,47?,49+,50-,51+/m0/s1. The fraction of sp³-hybridized carbons (Fsp3) is 0.510. The number of ketones is 1. The quantitative estimate of drug-likeness (QED) is 0.0918. The number of amides is 1. The highest BCUT2D eigenvalue weighted by molar-refractivity contribution is 5.95. The number of aliphatic hydroxyl groups is 5. The third kappa shape index (κ3) is 8.15.